The average molecular weight is 393 g/mol. The number of phenolic OH excluding ortho intramolecular Hbond substituents is 1. The molecule has 1 fully saturated rings. The van der Waals surface area contributed by atoms with Crippen LogP contribution < -0.4 is 0 Å². The lowest BCUT2D eigenvalue weighted by molar-refractivity contribution is 0.414. The lowest BCUT2D eigenvalue weighted by Gasteiger charge is -2.27. The summed E-state index contributed by atoms with van der Waals surface area (Å²) in [5.41, 5.74) is 9.42. The van der Waals surface area contributed by atoms with Gasteiger partial charge in [0.15, 0.2) is 0 Å². The molecule has 0 aliphatic heterocycles. The van der Waals surface area contributed by atoms with E-state index >= 15 is 0 Å². The first kappa shape index (κ1) is 21.9. The van der Waals surface area contributed by atoms with Crippen molar-refractivity contribution >= 4 is 0 Å². The fourth-order valence-corrected chi connectivity index (χ4v) is 4.99. The van der Waals surface area contributed by atoms with Gasteiger partial charge in [0.2, 0.25) is 0 Å². The van der Waals surface area contributed by atoms with Gasteiger partial charge in [-0.2, -0.15) is 0 Å². The lowest BCUT2D eigenvalue weighted by Crippen LogP contribution is -2.07. The summed E-state index contributed by atoms with van der Waals surface area (Å²) in [6.07, 6.45) is 6.31. The van der Waals surface area contributed by atoms with Crippen LogP contribution >= 0.6 is 0 Å². The summed E-state index contributed by atoms with van der Waals surface area (Å²) >= 11 is 0. The minimum absolute atomic E-state index is 0.465. The molecule has 1 N–H and O–H groups in total. The average Bonchev–Trinajstić information content (AvgIpc) is 2.67. The van der Waals surface area contributed by atoms with Crippen molar-refractivity contribution in [3.05, 3.63) is 52.1 Å². The first-order chi connectivity index (χ1) is 13.7. The predicted molar refractivity (Wildman–Crippen MR) is 126 cm³/mol. The summed E-state index contributed by atoms with van der Waals surface area (Å²) in [6, 6.07) is 9.22. The molecule has 0 bridgehead atoms. The van der Waals surface area contributed by atoms with Crippen LogP contribution in [0, 0.1) is 6.92 Å². The molecular formula is C28H40O. The van der Waals surface area contributed by atoms with E-state index in [0.29, 0.717) is 29.4 Å². The smallest absolute Gasteiger partial charge is 0.119 e. The highest BCUT2D eigenvalue weighted by molar-refractivity contribution is 5.77. The summed E-state index contributed by atoms with van der Waals surface area (Å²) in [4.78, 5) is 0. The van der Waals surface area contributed by atoms with E-state index in [1.807, 2.05) is 6.07 Å². The van der Waals surface area contributed by atoms with Gasteiger partial charge in [0.05, 0.1) is 0 Å². The molecule has 0 radical (unpaired) electrons. The monoisotopic (exact) mass is 392 g/mol. The molecule has 1 heteroatoms. The number of aromatic hydroxyl groups is 1. The van der Waals surface area contributed by atoms with Crippen molar-refractivity contribution in [3.8, 4) is 16.9 Å². The summed E-state index contributed by atoms with van der Waals surface area (Å²) in [5.74, 6) is 2.45. The van der Waals surface area contributed by atoms with Crippen molar-refractivity contribution in [2.45, 2.75) is 104 Å². The number of hydrogen-bond donors (Lipinski definition) is 1. The van der Waals surface area contributed by atoms with Crippen LogP contribution in [0.2, 0.25) is 0 Å². The highest BCUT2D eigenvalue weighted by atomic mass is 16.3. The van der Waals surface area contributed by atoms with Crippen molar-refractivity contribution in [2.24, 2.45) is 0 Å². The Bertz CT molecular complexity index is 822. The van der Waals surface area contributed by atoms with Gasteiger partial charge < -0.3 is 5.11 Å². The second kappa shape index (κ2) is 8.94. The Kier molecular flexibility index (Phi) is 6.76. The summed E-state index contributed by atoms with van der Waals surface area (Å²) in [5, 5.41) is 10.8. The van der Waals surface area contributed by atoms with Crippen LogP contribution in [-0.4, -0.2) is 5.11 Å². The standard InChI is InChI=1S/C28H40O/c1-17(2)22-14-23(18(3)4)28(24(15-22)19(5)6)25-16-26(27(29)13-20(25)7)21-11-9-8-10-12-21/h13-19,21,29H,8-12H2,1-7H3. The van der Waals surface area contributed by atoms with Crippen LogP contribution in [0.25, 0.3) is 11.1 Å². The topological polar surface area (TPSA) is 20.2 Å². The molecule has 0 atom stereocenters. The Hall–Kier alpha value is -1.76. The first-order valence-electron chi connectivity index (χ1n) is 11.7. The normalized spacial score (nSPS) is 15.7. The first-order valence-corrected chi connectivity index (χ1v) is 11.7. The molecule has 3 rings (SSSR count). The van der Waals surface area contributed by atoms with Gasteiger partial charge >= 0.3 is 0 Å². The molecule has 29 heavy (non-hydrogen) atoms. The number of phenols is 1. The van der Waals surface area contributed by atoms with E-state index in [9.17, 15) is 5.11 Å². The van der Waals surface area contributed by atoms with Crippen molar-refractivity contribution in [1.29, 1.82) is 0 Å². The van der Waals surface area contributed by atoms with Crippen molar-refractivity contribution < 1.29 is 5.11 Å². The quantitative estimate of drug-likeness (QED) is 0.539. The summed E-state index contributed by atoms with van der Waals surface area (Å²) < 4.78 is 0. The van der Waals surface area contributed by atoms with E-state index in [2.05, 4.69) is 66.7 Å². The third-order valence-corrected chi connectivity index (χ3v) is 6.82. The van der Waals surface area contributed by atoms with Gasteiger partial charge in [0, 0.05) is 0 Å². The van der Waals surface area contributed by atoms with E-state index in [-0.39, 0.29) is 0 Å². The lowest BCUT2D eigenvalue weighted by atomic mass is 9.78. The Labute approximate surface area is 178 Å². The van der Waals surface area contributed by atoms with Crippen LogP contribution in [0.15, 0.2) is 24.3 Å². The highest BCUT2D eigenvalue weighted by Crippen LogP contribution is 2.44. The molecule has 158 valence electrons. The van der Waals surface area contributed by atoms with Gasteiger partial charge in [-0.1, -0.05) is 72.9 Å². The third-order valence-electron chi connectivity index (χ3n) is 6.82. The molecule has 0 spiro atoms. The van der Waals surface area contributed by atoms with Gasteiger partial charge in [-0.3, -0.25) is 0 Å². The minimum Gasteiger partial charge on any atom is -0.508 e. The highest BCUT2D eigenvalue weighted by Gasteiger charge is 2.24. The Morgan fingerprint density at radius 2 is 1.31 bits per heavy atom. The van der Waals surface area contributed by atoms with E-state index in [0.717, 1.165) is 0 Å². The molecule has 0 saturated heterocycles. The van der Waals surface area contributed by atoms with Crippen LogP contribution in [0.1, 0.15) is 125 Å². The molecule has 1 aliphatic rings. The largest absolute Gasteiger partial charge is 0.508 e. The third kappa shape index (κ3) is 4.55. The summed E-state index contributed by atoms with van der Waals surface area (Å²) in [6.45, 7) is 16.0. The Balaban J connectivity index is 2.26. The van der Waals surface area contributed by atoms with E-state index < -0.39 is 0 Å². The maximum absolute atomic E-state index is 10.8. The van der Waals surface area contributed by atoms with E-state index in [4.69, 9.17) is 0 Å². The maximum Gasteiger partial charge on any atom is 0.119 e. The number of rotatable bonds is 5. The van der Waals surface area contributed by atoms with Gasteiger partial charge in [-0.25, -0.2) is 0 Å². The zero-order valence-electron chi connectivity index (χ0n) is 19.6. The molecule has 1 aliphatic carbocycles. The molecule has 0 heterocycles. The van der Waals surface area contributed by atoms with Gasteiger partial charge in [-0.05, 0) is 94.5 Å². The molecule has 1 saturated carbocycles. The van der Waals surface area contributed by atoms with Gasteiger partial charge in [0.25, 0.3) is 0 Å². The second-order valence-corrected chi connectivity index (χ2v) is 10.1. The van der Waals surface area contributed by atoms with Crippen molar-refractivity contribution in [2.75, 3.05) is 0 Å². The molecule has 1 nitrogen and oxygen atoms in total. The van der Waals surface area contributed by atoms with E-state index in [1.54, 1.807) is 0 Å². The maximum atomic E-state index is 10.8. The molecule has 2 aromatic rings. The summed E-state index contributed by atoms with van der Waals surface area (Å²) in [7, 11) is 0. The van der Waals surface area contributed by atoms with Crippen LogP contribution in [0.3, 0.4) is 0 Å². The Morgan fingerprint density at radius 1 is 0.759 bits per heavy atom. The van der Waals surface area contributed by atoms with E-state index in [1.165, 1.54) is 71.0 Å². The molecule has 2 aromatic carbocycles. The molecule has 0 unspecified atom stereocenters. The minimum atomic E-state index is 0.465. The van der Waals surface area contributed by atoms with Crippen molar-refractivity contribution in [1.82, 2.24) is 0 Å². The van der Waals surface area contributed by atoms with Gasteiger partial charge in [-0.15, -0.1) is 0 Å². The van der Waals surface area contributed by atoms with Gasteiger partial charge in [0.1, 0.15) is 5.75 Å². The number of benzene rings is 2. The van der Waals surface area contributed by atoms with Crippen molar-refractivity contribution in [3.63, 3.8) is 0 Å². The predicted octanol–water partition coefficient (Wildman–Crippen LogP) is 8.79. The van der Waals surface area contributed by atoms with Crippen LogP contribution in [-0.2, 0) is 0 Å². The SMILES string of the molecule is Cc1cc(O)c(C2CCCCC2)cc1-c1c(C(C)C)cc(C(C)C)cc1C(C)C. The Morgan fingerprint density at radius 3 is 1.79 bits per heavy atom. The van der Waals surface area contributed by atoms with Crippen LogP contribution in [0.4, 0.5) is 0 Å². The second-order valence-electron chi connectivity index (χ2n) is 10.1. The number of hydrogen-bond acceptors (Lipinski definition) is 1. The zero-order valence-corrected chi connectivity index (χ0v) is 19.6. The molecule has 0 aromatic heterocycles. The fourth-order valence-electron chi connectivity index (χ4n) is 4.99. The molecular weight excluding hydrogens is 352 g/mol. The number of aryl methyl sites for hydroxylation is 1. The molecule has 0 amide bonds. The fraction of sp³-hybridized carbons (Fsp3) is 0.571. The van der Waals surface area contributed by atoms with Crippen LogP contribution in [0.5, 0.6) is 5.75 Å². The zero-order chi connectivity index (χ0) is 21.3.